The van der Waals surface area contributed by atoms with E-state index in [1.807, 2.05) is 6.07 Å². The summed E-state index contributed by atoms with van der Waals surface area (Å²) in [5.41, 5.74) is 1.29. The molecule has 1 atom stereocenters. The lowest BCUT2D eigenvalue weighted by Crippen LogP contribution is -2.03. The van der Waals surface area contributed by atoms with Crippen LogP contribution in [0.1, 0.15) is 102 Å². The Morgan fingerprint density at radius 1 is 0.696 bits per heavy atom. The van der Waals surface area contributed by atoms with Crippen LogP contribution in [0, 0.1) is 0 Å². The van der Waals surface area contributed by atoms with E-state index >= 15 is 0 Å². The highest BCUT2D eigenvalue weighted by atomic mass is 16.3. The predicted molar refractivity (Wildman–Crippen MR) is 102 cm³/mol. The predicted octanol–water partition coefficient (Wildman–Crippen LogP) is 6.85. The van der Waals surface area contributed by atoms with Crippen molar-refractivity contribution in [3.63, 3.8) is 0 Å². The van der Waals surface area contributed by atoms with E-state index in [1.54, 1.807) is 0 Å². The largest absolute Gasteiger partial charge is 0.396 e. The van der Waals surface area contributed by atoms with Crippen LogP contribution in [-0.2, 0) is 0 Å². The summed E-state index contributed by atoms with van der Waals surface area (Å²) in [6, 6.07) is 10.5. The summed E-state index contributed by atoms with van der Waals surface area (Å²) in [5.74, 6) is 0.333. The number of unbranched alkanes of at least 4 members (excludes halogenated alkanes) is 11. The van der Waals surface area contributed by atoms with Gasteiger partial charge in [-0.2, -0.15) is 0 Å². The van der Waals surface area contributed by atoms with Crippen molar-refractivity contribution >= 4 is 0 Å². The van der Waals surface area contributed by atoms with Gasteiger partial charge in [-0.3, -0.25) is 0 Å². The van der Waals surface area contributed by atoms with Crippen LogP contribution in [0.3, 0.4) is 0 Å². The number of aliphatic hydroxyl groups excluding tert-OH is 1. The Kier molecular flexibility index (Phi) is 13.0. The van der Waals surface area contributed by atoms with Crippen LogP contribution in [0.2, 0.25) is 0 Å². The fourth-order valence-corrected chi connectivity index (χ4v) is 3.32. The Hall–Kier alpha value is -0.820. The summed E-state index contributed by atoms with van der Waals surface area (Å²) in [5, 5.41) is 9.56. The summed E-state index contributed by atoms with van der Waals surface area (Å²) in [4.78, 5) is 0. The molecule has 0 spiro atoms. The first-order chi connectivity index (χ1) is 11.4. The third kappa shape index (κ3) is 10.5. The van der Waals surface area contributed by atoms with E-state index < -0.39 is 0 Å². The Morgan fingerprint density at radius 3 is 1.65 bits per heavy atom. The van der Waals surface area contributed by atoms with Crippen LogP contribution in [0.4, 0.5) is 0 Å². The van der Waals surface area contributed by atoms with Gasteiger partial charge in [0.2, 0.25) is 0 Å². The maximum absolute atomic E-state index is 9.56. The maximum Gasteiger partial charge on any atom is 0.0499 e. The minimum atomic E-state index is 0.280. The molecule has 1 aromatic rings. The molecular formula is C22H38O. The topological polar surface area (TPSA) is 20.2 Å². The van der Waals surface area contributed by atoms with E-state index in [0.717, 1.165) is 6.42 Å². The van der Waals surface area contributed by atoms with Crippen molar-refractivity contribution in [2.45, 2.75) is 96.3 Å². The fourth-order valence-electron chi connectivity index (χ4n) is 3.32. The average molecular weight is 319 g/mol. The highest BCUT2D eigenvalue weighted by Gasteiger charge is 2.09. The summed E-state index contributed by atoms with van der Waals surface area (Å²) >= 11 is 0. The zero-order valence-corrected chi connectivity index (χ0v) is 15.3. The molecule has 0 aliphatic rings. The highest BCUT2D eigenvalue weighted by Crippen LogP contribution is 2.22. The molecule has 0 aromatic heterocycles. The number of hydrogen-bond acceptors (Lipinski definition) is 1. The molecule has 0 aliphatic carbocycles. The quantitative estimate of drug-likeness (QED) is 0.350. The summed E-state index contributed by atoms with van der Waals surface area (Å²) < 4.78 is 0. The second kappa shape index (κ2) is 14.8. The Balaban J connectivity index is 1.91. The monoisotopic (exact) mass is 318 g/mol. The van der Waals surface area contributed by atoms with Gasteiger partial charge in [0, 0.05) is 12.5 Å². The van der Waals surface area contributed by atoms with Crippen LogP contribution in [0.25, 0.3) is 0 Å². The minimum absolute atomic E-state index is 0.280. The van der Waals surface area contributed by atoms with E-state index in [1.165, 1.54) is 82.6 Å². The van der Waals surface area contributed by atoms with E-state index in [2.05, 4.69) is 31.2 Å². The summed E-state index contributed by atoms with van der Waals surface area (Å²) in [7, 11) is 0. The van der Waals surface area contributed by atoms with Gasteiger partial charge in [-0.1, -0.05) is 114 Å². The van der Waals surface area contributed by atoms with Crippen molar-refractivity contribution in [3.8, 4) is 0 Å². The number of hydrogen-bond donors (Lipinski definition) is 1. The average Bonchev–Trinajstić information content (AvgIpc) is 2.60. The molecule has 0 heterocycles. The Morgan fingerprint density at radius 2 is 1.17 bits per heavy atom. The van der Waals surface area contributed by atoms with Crippen LogP contribution in [0.5, 0.6) is 0 Å². The number of benzene rings is 1. The second-order valence-electron chi connectivity index (χ2n) is 6.97. The minimum Gasteiger partial charge on any atom is -0.396 e. The van der Waals surface area contributed by atoms with Crippen molar-refractivity contribution in [3.05, 3.63) is 35.9 Å². The molecule has 0 bridgehead atoms. The third-order valence-electron chi connectivity index (χ3n) is 4.90. The van der Waals surface area contributed by atoms with Crippen molar-refractivity contribution in [2.75, 3.05) is 6.61 Å². The van der Waals surface area contributed by atoms with E-state index in [4.69, 9.17) is 0 Å². The van der Waals surface area contributed by atoms with Gasteiger partial charge in [0.1, 0.15) is 0 Å². The molecule has 0 amide bonds. The molecule has 0 saturated carbocycles. The SMILES string of the molecule is CCCCCCCCCCCCCCC(CO)c1ccccc1. The van der Waals surface area contributed by atoms with Gasteiger partial charge in [-0.05, 0) is 12.0 Å². The van der Waals surface area contributed by atoms with Crippen molar-refractivity contribution in [1.82, 2.24) is 0 Å². The first kappa shape index (κ1) is 20.2. The van der Waals surface area contributed by atoms with Crippen molar-refractivity contribution in [1.29, 1.82) is 0 Å². The molecule has 1 aromatic carbocycles. The van der Waals surface area contributed by atoms with E-state index in [-0.39, 0.29) is 6.61 Å². The Bertz CT molecular complexity index is 346. The van der Waals surface area contributed by atoms with Gasteiger partial charge in [-0.25, -0.2) is 0 Å². The molecule has 1 nitrogen and oxygen atoms in total. The fraction of sp³-hybridized carbons (Fsp3) is 0.727. The van der Waals surface area contributed by atoms with E-state index in [0.29, 0.717) is 5.92 Å². The van der Waals surface area contributed by atoms with Gasteiger partial charge in [0.25, 0.3) is 0 Å². The molecule has 0 radical (unpaired) electrons. The van der Waals surface area contributed by atoms with Crippen molar-refractivity contribution in [2.24, 2.45) is 0 Å². The molecule has 0 aliphatic heterocycles. The summed E-state index contributed by atoms with van der Waals surface area (Å²) in [6.07, 6.45) is 17.8. The standard InChI is InChI=1S/C22H38O/c1-2-3-4-5-6-7-8-9-10-11-12-14-19-22(20-23)21-17-15-13-16-18-21/h13,15-18,22-23H,2-12,14,19-20H2,1H3. The first-order valence-electron chi connectivity index (χ1n) is 10.0. The molecule has 132 valence electrons. The second-order valence-corrected chi connectivity index (χ2v) is 6.97. The normalized spacial score (nSPS) is 12.4. The van der Waals surface area contributed by atoms with Crippen molar-refractivity contribution < 1.29 is 5.11 Å². The third-order valence-corrected chi connectivity index (χ3v) is 4.90. The molecule has 1 rings (SSSR count). The Labute approximate surface area is 144 Å². The van der Waals surface area contributed by atoms with E-state index in [9.17, 15) is 5.11 Å². The molecule has 1 unspecified atom stereocenters. The molecule has 23 heavy (non-hydrogen) atoms. The maximum atomic E-state index is 9.56. The van der Waals surface area contributed by atoms with Gasteiger partial charge in [0.05, 0.1) is 0 Å². The van der Waals surface area contributed by atoms with Crippen LogP contribution >= 0.6 is 0 Å². The van der Waals surface area contributed by atoms with Gasteiger partial charge in [0.15, 0.2) is 0 Å². The number of aliphatic hydroxyl groups is 1. The number of rotatable bonds is 15. The molecular weight excluding hydrogens is 280 g/mol. The zero-order valence-electron chi connectivity index (χ0n) is 15.3. The zero-order chi connectivity index (χ0) is 16.6. The van der Waals surface area contributed by atoms with Gasteiger partial charge >= 0.3 is 0 Å². The molecule has 1 heteroatoms. The lowest BCUT2D eigenvalue weighted by atomic mass is 9.93. The van der Waals surface area contributed by atoms with Gasteiger partial charge < -0.3 is 5.11 Å². The first-order valence-corrected chi connectivity index (χ1v) is 10.0. The van der Waals surface area contributed by atoms with Crippen LogP contribution in [0.15, 0.2) is 30.3 Å². The summed E-state index contributed by atoms with van der Waals surface area (Å²) in [6.45, 7) is 2.56. The van der Waals surface area contributed by atoms with Crippen LogP contribution in [-0.4, -0.2) is 11.7 Å². The van der Waals surface area contributed by atoms with Crippen LogP contribution < -0.4 is 0 Å². The lowest BCUT2D eigenvalue weighted by Gasteiger charge is -2.14. The lowest BCUT2D eigenvalue weighted by molar-refractivity contribution is 0.256. The molecule has 1 N–H and O–H groups in total. The molecule has 0 fully saturated rings. The smallest absolute Gasteiger partial charge is 0.0499 e. The highest BCUT2D eigenvalue weighted by molar-refractivity contribution is 5.19. The molecule has 0 saturated heterocycles. The van der Waals surface area contributed by atoms with Gasteiger partial charge in [-0.15, -0.1) is 0 Å².